The highest BCUT2D eigenvalue weighted by Gasteiger charge is 2.64. The fourth-order valence-electron chi connectivity index (χ4n) is 18.5. The van der Waals surface area contributed by atoms with Crippen LogP contribution in [-0.2, 0) is 19.1 Å². The van der Waals surface area contributed by atoms with Crippen LogP contribution in [0.25, 0.3) is 0 Å². The van der Waals surface area contributed by atoms with Gasteiger partial charge in [-0.05, 0) is 219 Å². The van der Waals surface area contributed by atoms with E-state index < -0.39 is 0 Å². The van der Waals surface area contributed by atoms with Gasteiger partial charge in [-0.25, -0.2) is 0 Å². The van der Waals surface area contributed by atoms with Crippen molar-refractivity contribution in [2.75, 3.05) is 20.0 Å². The molecule has 8 aliphatic rings. The van der Waals surface area contributed by atoms with Crippen LogP contribution in [0.5, 0.6) is 0 Å². The molecule has 8 saturated carbocycles. The number of rotatable bonds is 11. The van der Waals surface area contributed by atoms with E-state index in [2.05, 4.69) is 74.1 Å². The average Bonchev–Trinajstić information content (AvgIpc) is 3.78. The molecular formula is C55H94O5S. The van der Waals surface area contributed by atoms with Gasteiger partial charge in [-0.3, -0.25) is 9.59 Å². The number of ether oxygens (including phenoxy) is 2. The zero-order valence-electron chi connectivity index (χ0n) is 41.3. The Hall–Kier alpha value is -0.750. The number of aliphatic hydroxyl groups is 1. The lowest BCUT2D eigenvalue weighted by Crippen LogP contribution is -2.58. The van der Waals surface area contributed by atoms with Crippen LogP contribution in [0.1, 0.15) is 197 Å². The number of aliphatic hydroxyl groups excluding tert-OH is 1. The van der Waals surface area contributed by atoms with E-state index in [9.17, 15) is 14.7 Å². The first-order valence-corrected chi connectivity index (χ1v) is 27.4. The van der Waals surface area contributed by atoms with E-state index in [0.29, 0.717) is 70.0 Å². The Morgan fingerprint density at radius 1 is 0.607 bits per heavy atom. The molecule has 0 aromatic rings. The first-order valence-electron chi connectivity index (χ1n) is 26.4. The standard InChI is InChI=1S/C29H50O2S.C26H44O3/c1-7-16-32-25-18-21-17-19(2)12-14-28(21,4)24-13-15-29(5)22(9-10-23(29)27(24)25)20(3)8-11-26(30)31-6;1-16-10-12-25(3)18(14-16)15-22(27)24-20-8-7-19(17(2)6-9-23(28)29-5)26(20,4)13-11-21(24)25/h19-25,27H,7-18H2,1-6H3;16-22,24,27H,6-15H2,1-5H3/t19-,20?,21?,22?,23?,24?,25+,27?,28+,29-;16-,17?,18?,19?,20?,21?,22-,24?,25+,26-/m11/s1. The molecule has 0 heterocycles. The minimum atomic E-state index is -0.0999. The van der Waals surface area contributed by atoms with Gasteiger partial charge in [0.2, 0.25) is 0 Å². The summed E-state index contributed by atoms with van der Waals surface area (Å²) in [5.74, 6) is 12.0. The van der Waals surface area contributed by atoms with Gasteiger partial charge in [0.15, 0.2) is 0 Å². The van der Waals surface area contributed by atoms with Crippen molar-refractivity contribution >= 4 is 23.7 Å². The van der Waals surface area contributed by atoms with Gasteiger partial charge >= 0.3 is 11.9 Å². The molecule has 0 aromatic carbocycles. The second-order valence-corrected chi connectivity index (χ2v) is 26.2. The van der Waals surface area contributed by atoms with Gasteiger partial charge in [-0.1, -0.05) is 75.2 Å². The van der Waals surface area contributed by atoms with Crippen molar-refractivity contribution in [2.45, 2.75) is 209 Å². The molecule has 0 amide bonds. The maximum absolute atomic E-state index is 11.8. The van der Waals surface area contributed by atoms with Crippen LogP contribution in [0.15, 0.2) is 0 Å². The second-order valence-electron chi connectivity index (χ2n) is 24.8. The molecule has 6 heteroatoms. The number of esters is 2. The fraction of sp³-hybridized carbons (Fsp3) is 0.964. The van der Waals surface area contributed by atoms with Gasteiger partial charge in [0.1, 0.15) is 0 Å². The van der Waals surface area contributed by atoms with E-state index in [-0.39, 0.29) is 18.0 Å². The van der Waals surface area contributed by atoms with E-state index in [1.54, 1.807) is 0 Å². The number of methoxy groups -OCH3 is 2. The van der Waals surface area contributed by atoms with Crippen molar-refractivity contribution < 1.29 is 24.2 Å². The summed E-state index contributed by atoms with van der Waals surface area (Å²) in [6.07, 6.45) is 26.2. The predicted octanol–water partition coefficient (Wildman–Crippen LogP) is 13.8. The number of fused-ring (bicyclic) bond motifs is 10. The van der Waals surface area contributed by atoms with Gasteiger partial charge < -0.3 is 14.6 Å². The number of carbonyl (C=O) groups excluding carboxylic acids is 2. The molecule has 350 valence electrons. The molecule has 5 nitrogen and oxygen atoms in total. The minimum absolute atomic E-state index is 0.0333. The van der Waals surface area contributed by atoms with E-state index >= 15 is 0 Å². The topological polar surface area (TPSA) is 72.8 Å². The Labute approximate surface area is 379 Å². The lowest BCUT2D eigenvalue weighted by molar-refractivity contribution is -0.168. The zero-order valence-corrected chi connectivity index (χ0v) is 42.1. The van der Waals surface area contributed by atoms with Crippen molar-refractivity contribution in [2.24, 2.45) is 105 Å². The molecule has 8 rings (SSSR count). The van der Waals surface area contributed by atoms with Crippen LogP contribution in [0.3, 0.4) is 0 Å². The first kappa shape index (κ1) is 48.2. The Morgan fingerprint density at radius 2 is 1.03 bits per heavy atom. The highest BCUT2D eigenvalue weighted by Crippen LogP contribution is 2.71. The maximum Gasteiger partial charge on any atom is 0.305 e. The summed E-state index contributed by atoms with van der Waals surface area (Å²) in [6.45, 7) is 22.6. The Bertz CT molecular complexity index is 1500. The number of thioether (sulfide) groups is 1. The van der Waals surface area contributed by atoms with E-state index in [4.69, 9.17) is 9.47 Å². The Morgan fingerprint density at radius 3 is 1.51 bits per heavy atom. The zero-order chi connectivity index (χ0) is 44.1. The predicted molar refractivity (Wildman–Crippen MR) is 253 cm³/mol. The molecule has 0 spiro atoms. The van der Waals surface area contributed by atoms with Crippen LogP contribution in [0, 0.1) is 105 Å². The van der Waals surface area contributed by atoms with Crippen molar-refractivity contribution in [3.8, 4) is 0 Å². The summed E-state index contributed by atoms with van der Waals surface area (Å²) in [4.78, 5) is 23.5. The van der Waals surface area contributed by atoms with E-state index in [0.717, 1.165) is 71.9 Å². The smallest absolute Gasteiger partial charge is 0.305 e. The van der Waals surface area contributed by atoms with E-state index in [1.165, 1.54) is 123 Å². The SMILES string of the molecule is CCCS[C@H]1CC2C[C@H](C)CC[C@]2(C)C2CC[C@]3(C)C(C(C)CCC(=O)OC)CCC3C21.COC(=O)CCC(C)C1CCC2C3C(CC[C@]12C)[C@@]1(C)CC[C@@H](C)CC1C[C@H]3O. The number of hydrogen-bond acceptors (Lipinski definition) is 6. The lowest BCUT2D eigenvalue weighted by Gasteiger charge is -2.63. The normalized spacial score (nSPS) is 48.3. The van der Waals surface area contributed by atoms with Gasteiger partial charge in [0.25, 0.3) is 0 Å². The molecular weight excluding hydrogens is 773 g/mol. The third-order valence-electron chi connectivity index (χ3n) is 22.0. The molecule has 0 saturated heterocycles. The van der Waals surface area contributed by atoms with Gasteiger partial charge in [0, 0.05) is 18.1 Å². The molecule has 12 unspecified atom stereocenters. The minimum Gasteiger partial charge on any atom is -0.469 e. The van der Waals surface area contributed by atoms with Crippen molar-refractivity contribution in [3.05, 3.63) is 0 Å². The molecule has 61 heavy (non-hydrogen) atoms. The quantitative estimate of drug-likeness (QED) is 0.209. The largest absolute Gasteiger partial charge is 0.469 e. The highest BCUT2D eigenvalue weighted by molar-refractivity contribution is 7.99. The summed E-state index contributed by atoms with van der Waals surface area (Å²) in [5, 5.41) is 12.3. The van der Waals surface area contributed by atoms with Crippen molar-refractivity contribution in [1.29, 1.82) is 0 Å². The third-order valence-corrected chi connectivity index (χ3v) is 23.6. The van der Waals surface area contributed by atoms with E-state index in [1.807, 2.05) is 0 Å². The first-order chi connectivity index (χ1) is 28.9. The fourth-order valence-corrected chi connectivity index (χ4v) is 20.1. The maximum atomic E-state index is 11.8. The molecule has 0 radical (unpaired) electrons. The third kappa shape index (κ3) is 8.96. The number of hydrogen-bond donors (Lipinski definition) is 1. The second kappa shape index (κ2) is 19.2. The summed E-state index contributed by atoms with van der Waals surface area (Å²) >= 11 is 2.35. The number of carbonyl (C=O) groups is 2. The Kier molecular flexibility index (Phi) is 15.2. The summed E-state index contributed by atoms with van der Waals surface area (Å²) in [7, 11) is 3.02. The summed E-state index contributed by atoms with van der Waals surface area (Å²) in [6, 6.07) is 0. The lowest BCUT2D eigenvalue weighted by atomic mass is 9.43. The molecule has 0 aromatic heterocycles. The molecule has 0 bridgehead atoms. The molecule has 20 atom stereocenters. The van der Waals surface area contributed by atoms with Gasteiger partial charge in [-0.2, -0.15) is 11.8 Å². The average molecular weight is 867 g/mol. The molecule has 8 aliphatic carbocycles. The highest BCUT2D eigenvalue weighted by atomic mass is 32.2. The van der Waals surface area contributed by atoms with Crippen LogP contribution in [0.2, 0.25) is 0 Å². The van der Waals surface area contributed by atoms with Crippen LogP contribution < -0.4 is 0 Å². The van der Waals surface area contributed by atoms with Crippen LogP contribution in [-0.4, -0.2) is 48.4 Å². The van der Waals surface area contributed by atoms with Gasteiger partial charge in [-0.15, -0.1) is 0 Å². The molecule has 0 aliphatic heterocycles. The van der Waals surface area contributed by atoms with Crippen molar-refractivity contribution in [3.63, 3.8) is 0 Å². The van der Waals surface area contributed by atoms with Crippen molar-refractivity contribution in [1.82, 2.24) is 0 Å². The summed E-state index contributed by atoms with van der Waals surface area (Å²) in [5.41, 5.74) is 1.86. The van der Waals surface area contributed by atoms with Crippen LogP contribution in [0.4, 0.5) is 0 Å². The molecule has 8 fully saturated rings. The monoisotopic (exact) mass is 867 g/mol. The van der Waals surface area contributed by atoms with Gasteiger partial charge in [0.05, 0.1) is 20.3 Å². The Balaban J connectivity index is 0.000000185. The van der Waals surface area contributed by atoms with Crippen LogP contribution >= 0.6 is 11.8 Å². The summed E-state index contributed by atoms with van der Waals surface area (Å²) < 4.78 is 9.82. The molecule has 1 N–H and O–H groups in total.